The van der Waals surface area contributed by atoms with Crippen molar-refractivity contribution in [3.8, 4) is 11.5 Å². The molecule has 0 saturated carbocycles. The third-order valence-corrected chi connectivity index (χ3v) is 3.25. The zero-order valence-corrected chi connectivity index (χ0v) is 12.3. The van der Waals surface area contributed by atoms with Gasteiger partial charge in [0.25, 0.3) is 0 Å². The summed E-state index contributed by atoms with van der Waals surface area (Å²) in [5.41, 5.74) is 0.608. The van der Waals surface area contributed by atoms with Crippen molar-refractivity contribution >= 4 is 11.9 Å². The number of methoxy groups -OCH3 is 1. The number of carboxylic acids is 1. The van der Waals surface area contributed by atoms with E-state index in [1.54, 1.807) is 42.5 Å². The van der Waals surface area contributed by atoms with Crippen molar-refractivity contribution in [3.05, 3.63) is 59.7 Å². The molecular formula is C17H16O5. The fourth-order valence-corrected chi connectivity index (χ4v) is 2.02. The molecular weight excluding hydrogens is 284 g/mol. The van der Waals surface area contributed by atoms with E-state index >= 15 is 0 Å². The van der Waals surface area contributed by atoms with Crippen LogP contribution in [0.25, 0.3) is 0 Å². The molecule has 0 fully saturated rings. The number of hydrogen-bond acceptors (Lipinski definition) is 4. The summed E-state index contributed by atoms with van der Waals surface area (Å²) in [5.74, 6) is -1.68. The number of benzene rings is 2. The molecule has 2 rings (SSSR count). The van der Waals surface area contributed by atoms with Crippen molar-refractivity contribution in [1.29, 1.82) is 0 Å². The van der Waals surface area contributed by atoms with Gasteiger partial charge in [-0.25, -0.2) is 4.79 Å². The number of aliphatic carboxylic acids is 1. The van der Waals surface area contributed by atoms with Gasteiger partial charge in [-0.15, -0.1) is 0 Å². The van der Waals surface area contributed by atoms with E-state index in [4.69, 9.17) is 9.47 Å². The normalized spacial score (nSPS) is 11.5. The van der Waals surface area contributed by atoms with Gasteiger partial charge < -0.3 is 14.6 Å². The third-order valence-electron chi connectivity index (χ3n) is 3.25. The summed E-state index contributed by atoms with van der Waals surface area (Å²) in [4.78, 5) is 23.2. The Labute approximate surface area is 128 Å². The Morgan fingerprint density at radius 2 is 1.73 bits per heavy atom. The van der Waals surface area contributed by atoms with Gasteiger partial charge >= 0.3 is 11.9 Å². The van der Waals surface area contributed by atoms with Crippen LogP contribution >= 0.6 is 0 Å². The quantitative estimate of drug-likeness (QED) is 0.856. The molecule has 2 aromatic carbocycles. The molecule has 0 heterocycles. The number of carboxylic acid groups (broad SMARTS) is 1. The standard InChI is InChI=1S/C17H16O5/c1-11(16(18)19)13-9-6-10-14(17(20)21-2)15(13)22-12-7-4-3-5-8-12/h3-11H,1-2H3,(H,18,19). The molecule has 1 atom stereocenters. The van der Waals surface area contributed by atoms with Crippen LogP contribution in [0.5, 0.6) is 11.5 Å². The van der Waals surface area contributed by atoms with E-state index in [0.29, 0.717) is 11.3 Å². The van der Waals surface area contributed by atoms with Crippen molar-refractivity contribution in [2.75, 3.05) is 7.11 Å². The molecule has 0 amide bonds. The fraction of sp³-hybridized carbons (Fsp3) is 0.176. The van der Waals surface area contributed by atoms with Gasteiger partial charge in [-0.3, -0.25) is 4.79 Å². The van der Waals surface area contributed by atoms with Crippen molar-refractivity contribution < 1.29 is 24.2 Å². The number of carbonyl (C=O) groups is 2. The summed E-state index contributed by atoms with van der Waals surface area (Å²) in [6.07, 6.45) is 0. The first kappa shape index (κ1) is 15.6. The molecule has 0 spiro atoms. The Bertz CT molecular complexity index is 679. The molecule has 0 aromatic heterocycles. The van der Waals surface area contributed by atoms with Crippen LogP contribution in [0, 0.1) is 0 Å². The maximum Gasteiger partial charge on any atom is 0.341 e. The van der Waals surface area contributed by atoms with Gasteiger partial charge in [-0.1, -0.05) is 30.3 Å². The first-order chi connectivity index (χ1) is 10.5. The van der Waals surface area contributed by atoms with Gasteiger partial charge in [0.05, 0.1) is 13.0 Å². The summed E-state index contributed by atoms with van der Waals surface area (Å²) < 4.78 is 10.5. The highest BCUT2D eigenvalue weighted by molar-refractivity contribution is 5.94. The zero-order chi connectivity index (χ0) is 16.1. The topological polar surface area (TPSA) is 72.8 Å². The SMILES string of the molecule is COC(=O)c1cccc(C(C)C(=O)O)c1Oc1ccccc1. The lowest BCUT2D eigenvalue weighted by molar-refractivity contribution is -0.138. The highest BCUT2D eigenvalue weighted by Crippen LogP contribution is 2.34. The van der Waals surface area contributed by atoms with E-state index < -0.39 is 17.9 Å². The summed E-state index contributed by atoms with van der Waals surface area (Å²) in [7, 11) is 1.27. The molecule has 0 aliphatic rings. The fourth-order valence-electron chi connectivity index (χ4n) is 2.02. The number of ether oxygens (including phenoxy) is 2. The maximum absolute atomic E-state index is 11.9. The second-order valence-electron chi connectivity index (χ2n) is 4.69. The molecule has 5 heteroatoms. The monoisotopic (exact) mass is 300 g/mol. The van der Waals surface area contributed by atoms with Crippen LogP contribution in [0.3, 0.4) is 0 Å². The summed E-state index contributed by atoms with van der Waals surface area (Å²) >= 11 is 0. The second kappa shape index (κ2) is 6.76. The summed E-state index contributed by atoms with van der Waals surface area (Å²) in [5, 5.41) is 9.24. The predicted octanol–water partition coefficient (Wildman–Crippen LogP) is 3.45. The molecule has 5 nitrogen and oxygen atoms in total. The number of rotatable bonds is 5. The Hall–Kier alpha value is -2.82. The molecule has 0 radical (unpaired) electrons. The molecule has 114 valence electrons. The van der Waals surface area contributed by atoms with Crippen LogP contribution in [-0.4, -0.2) is 24.2 Å². The van der Waals surface area contributed by atoms with Gasteiger partial charge in [0.2, 0.25) is 0 Å². The Morgan fingerprint density at radius 1 is 1.05 bits per heavy atom. The lowest BCUT2D eigenvalue weighted by atomic mass is 9.97. The molecule has 1 unspecified atom stereocenters. The highest BCUT2D eigenvalue weighted by atomic mass is 16.5. The molecule has 2 aromatic rings. The van der Waals surface area contributed by atoms with Gasteiger partial charge in [0, 0.05) is 5.56 Å². The molecule has 0 aliphatic carbocycles. The van der Waals surface area contributed by atoms with Crippen LogP contribution in [0.2, 0.25) is 0 Å². The lowest BCUT2D eigenvalue weighted by Crippen LogP contribution is -2.12. The van der Waals surface area contributed by atoms with E-state index in [0.717, 1.165) is 0 Å². The summed E-state index contributed by atoms with van der Waals surface area (Å²) in [6, 6.07) is 13.6. The third kappa shape index (κ3) is 3.25. The molecule has 0 aliphatic heterocycles. The second-order valence-corrected chi connectivity index (χ2v) is 4.69. The van der Waals surface area contributed by atoms with Crippen molar-refractivity contribution in [3.63, 3.8) is 0 Å². The molecule has 0 bridgehead atoms. The number of hydrogen-bond donors (Lipinski definition) is 1. The van der Waals surface area contributed by atoms with Gasteiger partial charge in [0.1, 0.15) is 17.1 Å². The first-order valence-corrected chi connectivity index (χ1v) is 6.71. The van der Waals surface area contributed by atoms with E-state index in [-0.39, 0.29) is 11.3 Å². The van der Waals surface area contributed by atoms with E-state index in [2.05, 4.69) is 0 Å². The Morgan fingerprint density at radius 3 is 2.32 bits per heavy atom. The van der Waals surface area contributed by atoms with Crippen LogP contribution in [0.1, 0.15) is 28.8 Å². The maximum atomic E-state index is 11.9. The van der Waals surface area contributed by atoms with Gasteiger partial charge in [-0.2, -0.15) is 0 Å². The van der Waals surface area contributed by atoms with Crippen LogP contribution in [-0.2, 0) is 9.53 Å². The Balaban J connectivity index is 2.54. The first-order valence-electron chi connectivity index (χ1n) is 6.71. The Kier molecular flexibility index (Phi) is 4.78. The average Bonchev–Trinajstić information content (AvgIpc) is 2.54. The van der Waals surface area contributed by atoms with Crippen LogP contribution < -0.4 is 4.74 Å². The van der Waals surface area contributed by atoms with E-state index in [1.807, 2.05) is 6.07 Å². The van der Waals surface area contributed by atoms with Gasteiger partial charge in [-0.05, 0) is 25.1 Å². The minimum absolute atomic E-state index is 0.192. The molecule has 0 saturated heterocycles. The van der Waals surface area contributed by atoms with Crippen LogP contribution in [0.4, 0.5) is 0 Å². The van der Waals surface area contributed by atoms with Crippen LogP contribution in [0.15, 0.2) is 48.5 Å². The number of carbonyl (C=O) groups excluding carboxylic acids is 1. The van der Waals surface area contributed by atoms with Gasteiger partial charge in [0.15, 0.2) is 0 Å². The highest BCUT2D eigenvalue weighted by Gasteiger charge is 2.24. The van der Waals surface area contributed by atoms with Crippen molar-refractivity contribution in [1.82, 2.24) is 0 Å². The zero-order valence-electron chi connectivity index (χ0n) is 12.3. The van der Waals surface area contributed by atoms with E-state index in [1.165, 1.54) is 14.0 Å². The number of para-hydroxylation sites is 2. The molecule has 1 N–H and O–H groups in total. The average molecular weight is 300 g/mol. The number of esters is 1. The minimum Gasteiger partial charge on any atom is -0.481 e. The smallest absolute Gasteiger partial charge is 0.341 e. The van der Waals surface area contributed by atoms with E-state index in [9.17, 15) is 14.7 Å². The molecule has 22 heavy (non-hydrogen) atoms. The lowest BCUT2D eigenvalue weighted by Gasteiger charge is -2.17. The summed E-state index contributed by atoms with van der Waals surface area (Å²) in [6.45, 7) is 1.54. The predicted molar refractivity (Wildman–Crippen MR) is 80.3 cm³/mol. The van der Waals surface area contributed by atoms with Crippen molar-refractivity contribution in [2.24, 2.45) is 0 Å². The minimum atomic E-state index is -1.00. The van der Waals surface area contributed by atoms with Crippen molar-refractivity contribution in [2.45, 2.75) is 12.8 Å². The largest absolute Gasteiger partial charge is 0.481 e.